The molecule has 6 nitrogen and oxygen atoms in total. The number of ether oxygens (including phenoxy) is 1. The quantitative estimate of drug-likeness (QED) is 0.750. The van der Waals surface area contributed by atoms with E-state index in [0.29, 0.717) is 19.4 Å². The van der Waals surface area contributed by atoms with Gasteiger partial charge in [0.05, 0.1) is 6.04 Å². The third-order valence-corrected chi connectivity index (χ3v) is 4.82. The highest BCUT2D eigenvalue weighted by molar-refractivity contribution is 5.88. The fraction of sp³-hybridized carbons (Fsp3) is 0.318. The summed E-state index contributed by atoms with van der Waals surface area (Å²) in [7, 11) is 0. The smallest absolute Gasteiger partial charge is 0.408 e. The minimum atomic E-state index is -0.786. The van der Waals surface area contributed by atoms with E-state index in [1.165, 1.54) is 0 Å². The van der Waals surface area contributed by atoms with E-state index in [9.17, 15) is 14.4 Å². The maximum Gasteiger partial charge on any atom is 0.408 e. The number of hydrogen-bond acceptors (Lipinski definition) is 4. The lowest BCUT2D eigenvalue weighted by molar-refractivity contribution is -0.136. The van der Waals surface area contributed by atoms with Crippen LogP contribution >= 0.6 is 0 Å². The van der Waals surface area contributed by atoms with Crippen molar-refractivity contribution in [2.75, 3.05) is 6.54 Å². The van der Waals surface area contributed by atoms with Gasteiger partial charge in [-0.25, -0.2) is 4.79 Å². The highest BCUT2D eigenvalue weighted by Crippen LogP contribution is 2.18. The molecule has 0 aromatic heterocycles. The average molecular weight is 380 g/mol. The first kappa shape index (κ1) is 19.6. The number of aldehydes is 1. The summed E-state index contributed by atoms with van der Waals surface area (Å²) >= 11 is 0. The van der Waals surface area contributed by atoms with E-state index < -0.39 is 18.2 Å². The number of carbonyl (C=O) groups excluding carboxylic acids is 3. The zero-order valence-electron chi connectivity index (χ0n) is 15.6. The molecule has 0 radical (unpaired) electrons. The summed E-state index contributed by atoms with van der Waals surface area (Å²) in [5, 5.41) is 2.69. The SMILES string of the molecule is O=C[C@H]1CCCN1C(=O)[C@H](Cc1ccccc1)NC(=O)OCc1ccccc1. The minimum absolute atomic E-state index is 0.125. The molecule has 1 aliphatic heterocycles. The Bertz CT molecular complexity index is 795. The number of rotatable bonds is 7. The van der Waals surface area contributed by atoms with Crippen molar-refractivity contribution in [2.45, 2.75) is 38.0 Å². The molecule has 28 heavy (non-hydrogen) atoms. The molecule has 2 amide bonds. The first-order valence-electron chi connectivity index (χ1n) is 9.44. The maximum absolute atomic E-state index is 13.0. The van der Waals surface area contributed by atoms with E-state index >= 15 is 0 Å². The predicted molar refractivity (Wildman–Crippen MR) is 104 cm³/mol. The molecule has 1 N–H and O–H groups in total. The van der Waals surface area contributed by atoms with E-state index in [-0.39, 0.29) is 12.5 Å². The van der Waals surface area contributed by atoms with Gasteiger partial charge in [0.25, 0.3) is 0 Å². The second-order valence-electron chi connectivity index (χ2n) is 6.83. The molecule has 6 heteroatoms. The number of carbonyl (C=O) groups is 3. The molecular formula is C22H24N2O4. The summed E-state index contributed by atoms with van der Waals surface area (Å²) < 4.78 is 5.27. The van der Waals surface area contributed by atoms with Gasteiger partial charge in [-0.1, -0.05) is 60.7 Å². The van der Waals surface area contributed by atoms with E-state index in [0.717, 1.165) is 23.8 Å². The van der Waals surface area contributed by atoms with Gasteiger partial charge in [0.2, 0.25) is 5.91 Å². The molecule has 1 aliphatic rings. The first-order valence-corrected chi connectivity index (χ1v) is 9.44. The number of hydrogen-bond donors (Lipinski definition) is 1. The summed E-state index contributed by atoms with van der Waals surface area (Å²) in [5.41, 5.74) is 1.79. The molecule has 0 saturated carbocycles. The van der Waals surface area contributed by atoms with Gasteiger partial charge >= 0.3 is 6.09 Å². The molecule has 0 spiro atoms. The average Bonchev–Trinajstić information content (AvgIpc) is 3.21. The molecule has 0 unspecified atom stereocenters. The van der Waals surface area contributed by atoms with E-state index in [2.05, 4.69) is 5.32 Å². The van der Waals surface area contributed by atoms with Crippen molar-refractivity contribution in [1.82, 2.24) is 10.2 Å². The molecule has 1 saturated heterocycles. The number of nitrogens with one attached hydrogen (secondary N) is 1. The van der Waals surface area contributed by atoms with E-state index in [1.807, 2.05) is 60.7 Å². The van der Waals surface area contributed by atoms with Crippen molar-refractivity contribution in [1.29, 1.82) is 0 Å². The minimum Gasteiger partial charge on any atom is -0.445 e. The lowest BCUT2D eigenvalue weighted by atomic mass is 10.0. The molecule has 3 rings (SSSR count). The number of alkyl carbamates (subject to hydrolysis) is 1. The van der Waals surface area contributed by atoms with Gasteiger partial charge in [-0.15, -0.1) is 0 Å². The molecule has 2 aromatic carbocycles. The van der Waals surface area contributed by atoms with E-state index in [1.54, 1.807) is 4.90 Å². The topological polar surface area (TPSA) is 75.7 Å². The lowest BCUT2D eigenvalue weighted by Gasteiger charge is -2.26. The third-order valence-electron chi connectivity index (χ3n) is 4.82. The Kier molecular flexibility index (Phi) is 6.78. The molecule has 0 aliphatic carbocycles. The fourth-order valence-corrected chi connectivity index (χ4v) is 3.36. The second kappa shape index (κ2) is 9.69. The second-order valence-corrected chi connectivity index (χ2v) is 6.83. The molecule has 0 bridgehead atoms. The van der Waals surface area contributed by atoms with Crippen LogP contribution in [0.25, 0.3) is 0 Å². The van der Waals surface area contributed by atoms with Crippen molar-refractivity contribution in [2.24, 2.45) is 0 Å². The van der Waals surface area contributed by atoms with Gasteiger partial charge in [-0.05, 0) is 24.0 Å². The standard InChI is InChI=1S/C22H24N2O4/c25-15-19-12-7-13-24(19)21(26)20(14-17-8-3-1-4-9-17)23-22(27)28-16-18-10-5-2-6-11-18/h1-6,8-11,15,19-20H,7,12-14,16H2,(H,23,27)/t19-,20+/m1/s1. The summed E-state index contributed by atoms with van der Waals surface area (Å²) in [6.07, 6.45) is 1.93. The van der Waals surface area contributed by atoms with Crippen molar-refractivity contribution in [3.63, 3.8) is 0 Å². The third kappa shape index (κ3) is 5.19. The van der Waals surface area contributed by atoms with Crippen molar-refractivity contribution in [3.8, 4) is 0 Å². The number of benzene rings is 2. The van der Waals surface area contributed by atoms with Crippen LogP contribution in [-0.2, 0) is 27.4 Å². The van der Waals surface area contributed by atoms with Crippen LogP contribution in [0, 0.1) is 0 Å². The molecule has 2 atom stereocenters. The van der Waals surface area contributed by atoms with Gasteiger partial charge < -0.3 is 19.7 Å². The monoisotopic (exact) mass is 380 g/mol. The van der Waals surface area contributed by atoms with Gasteiger partial charge in [-0.2, -0.15) is 0 Å². The molecule has 146 valence electrons. The van der Waals surface area contributed by atoms with Crippen LogP contribution in [0.15, 0.2) is 60.7 Å². The number of amides is 2. The van der Waals surface area contributed by atoms with Gasteiger partial charge in [0.1, 0.15) is 18.9 Å². The van der Waals surface area contributed by atoms with Crippen LogP contribution in [0.4, 0.5) is 4.79 Å². The van der Waals surface area contributed by atoms with Gasteiger partial charge in [-0.3, -0.25) is 4.79 Å². The van der Waals surface area contributed by atoms with Gasteiger partial charge in [0, 0.05) is 13.0 Å². The maximum atomic E-state index is 13.0. The normalized spacial score (nSPS) is 17.0. The van der Waals surface area contributed by atoms with Crippen molar-refractivity contribution >= 4 is 18.3 Å². The zero-order chi connectivity index (χ0) is 19.8. The summed E-state index contributed by atoms with van der Waals surface area (Å²) in [6.45, 7) is 0.647. The largest absolute Gasteiger partial charge is 0.445 e. The molecule has 1 heterocycles. The Morgan fingerprint density at radius 3 is 2.36 bits per heavy atom. The number of nitrogens with zero attached hydrogens (tertiary/aromatic N) is 1. The predicted octanol–water partition coefficient (Wildman–Crippen LogP) is 2.71. The van der Waals surface area contributed by atoms with Crippen LogP contribution in [-0.4, -0.2) is 41.8 Å². The Morgan fingerprint density at radius 1 is 1.07 bits per heavy atom. The van der Waals surface area contributed by atoms with Crippen LogP contribution in [0.5, 0.6) is 0 Å². The van der Waals surface area contributed by atoms with Crippen LogP contribution in [0.3, 0.4) is 0 Å². The lowest BCUT2D eigenvalue weighted by Crippen LogP contribution is -2.51. The molecule has 2 aromatic rings. The van der Waals surface area contributed by atoms with Gasteiger partial charge in [0.15, 0.2) is 0 Å². The van der Waals surface area contributed by atoms with Crippen LogP contribution < -0.4 is 5.32 Å². The summed E-state index contributed by atoms with van der Waals surface area (Å²) in [5.74, 6) is -0.255. The summed E-state index contributed by atoms with van der Waals surface area (Å²) in [4.78, 5) is 38.2. The highest BCUT2D eigenvalue weighted by atomic mass is 16.5. The Balaban J connectivity index is 1.67. The Hall–Kier alpha value is -3.15. The first-order chi connectivity index (χ1) is 13.7. The molecular weight excluding hydrogens is 356 g/mol. The van der Waals surface area contributed by atoms with Crippen LogP contribution in [0.2, 0.25) is 0 Å². The van der Waals surface area contributed by atoms with Crippen LogP contribution in [0.1, 0.15) is 24.0 Å². The van der Waals surface area contributed by atoms with Crippen molar-refractivity contribution < 1.29 is 19.1 Å². The highest BCUT2D eigenvalue weighted by Gasteiger charge is 2.34. The molecule has 1 fully saturated rings. The summed E-state index contributed by atoms with van der Waals surface area (Å²) in [6, 6.07) is 17.6. The Morgan fingerprint density at radius 2 is 1.71 bits per heavy atom. The number of likely N-dealkylation sites (tertiary alicyclic amines) is 1. The van der Waals surface area contributed by atoms with Crippen molar-refractivity contribution in [3.05, 3.63) is 71.8 Å². The fourth-order valence-electron chi connectivity index (χ4n) is 3.36. The zero-order valence-corrected chi connectivity index (χ0v) is 15.6. The Labute approximate surface area is 164 Å². The van der Waals surface area contributed by atoms with E-state index in [4.69, 9.17) is 4.74 Å².